The number of rotatable bonds is 4. The van der Waals surface area contributed by atoms with E-state index in [9.17, 15) is 4.79 Å². The van der Waals surface area contributed by atoms with E-state index < -0.39 is 0 Å². The first-order chi connectivity index (χ1) is 9.08. The average Bonchev–Trinajstić information content (AvgIpc) is 2.90. The first-order valence-corrected chi connectivity index (χ1v) is 6.81. The van der Waals surface area contributed by atoms with Crippen molar-refractivity contribution in [3.63, 3.8) is 0 Å². The minimum Gasteiger partial charge on any atom is -0.483 e. The zero-order valence-corrected chi connectivity index (χ0v) is 13.3. The second kappa shape index (κ2) is 7.72. The highest BCUT2D eigenvalue weighted by molar-refractivity contribution is 6.30. The van der Waals surface area contributed by atoms with E-state index in [-0.39, 0.29) is 31.0 Å². The Hall–Kier alpha value is -0.970. The largest absolute Gasteiger partial charge is 0.483 e. The monoisotopic (exact) mass is 318 g/mol. The number of nitrogens with zero attached hydrogens (tertiary/aromatic N) is 1. The molecule has 20 heavy (non-hydrogen) atoms. The molecule has 1 fully saturated rings. The molecule has 1 heterocycles. The normalized spacial score (nSPS) is 17.4. The Morgan fingerprint density at radius 1 is 1.55 bits per heavy atom. The van der Waals surface area contributed by atoms with E-state index in [2.05, 4.69) is 5.32 Å². The van der Waals surface area contributed by atoms with Crippen molar-refractivity contribution in [2.75, 3.05) is 26.7 Å². The Kier molecular flexibility index (Phi) is 6.59. The van der Waals surface area contributed by atoms with Gasteiger partial charge in [0.2, 0.25) is 0 Å². The second-order valence-electron chi connectivity index (χ2n) is 4.85. The highest BCUT2D eigenvalue weighted by Crippen LogP contribution is 2.21. The van der Waals surface area contributed by atoms with Gasteiger partial charge in [-0.05, 0) is 43.7 Å². The minimum atomic E-state index is 0. The number of halogens is 2. The third kappa shape index (κ3) is 4.27. The van der Waals surface area contributed by atoms with E-state index in [0.717, 1.165) is 25.1 Å². The zero-order valence-electron chi connectivity index (χ0n) is 11.7. The van der Waals surface area contributed by atoms with Crippen LogP contribution in [0.25, 0.3) is 0 Å². The predicted molar refractivity (Wildman–Crippen MR) is 83.0 cm³/mol. The fourth-order valence-electron chi connectivity index (χ4n) is 2.19. The van der Waals surface area contributed by atoms with Crippen molar-refractivity contribution in [3.8, 4) is 5.75 Å². The van der Waals surface area contributed by atoms with Crippen LogP contribution < -0.4 is 10.1 Å². The fraction of sp³-hybridized carbons (Fsp3) is 0.500. The SMILES string of the molecule is Cc1cc(Cl)ccc1OCC(=O)N(C)C1CCNC1.Cl. The smallest absolute Gasteiger partial charge is 0.260 e. The molecule has 0 aromatic heterocycles. The van der Waals surface area contributed by atoms with Gasteiger partial charge in [0.1, 0.15) is 5.75 Å². The van der Waals surface area contributed by atoms with E-state index >= 15 is 0 Å². The molecular formula is C14H20Cl2N2O2. The quantitative estimate of drug-likeness (QED) is 0.926. The summed E-state index contributed by atoms with van der Waals surface area (Å²) in [5.74, 6) is 0.707. The lowest BCUT2D eigenvalue weighted by atomic mass is 10.2. The Morgan fingerprint density at radius 2 is 2.30 bits per heavy atom. The third-order valence-corrected chi connectivity index (χ3v) is 3.70. The molecule has 0 radical (unpaired) electrons. The number of amides is 1. The summed E-state index contributed by atoms with van der Waals surface area (Å²) < 4.78 is 5.56. The van der Waals surface area contributed by atoms with Crippen LogP contribution in [0.2, 0.25) is 5.02 Å². The van der Waals surface area contributed by atoms with Crippen LogP contribution in [0.15, 0.2) is 18.2 Å². The number of carbonyl (C=O) groups is 1. The van der Waals surface area contributed by atoms with Gasteiger partial charge in [0, 0.05) is 24.7 Å². The number of nitrogens with one attached hydrogen (secondary N) is 1. The maximum Gasteiger partial charge on any atom is 0.260 e. The van der Waals surface area contributed by atoms with Crippen LogP contribution in [0.3, 0.4) is 0 Å². The van der Waals surface area contributed by atoms with Gasteiger partial charge < -0.3 is 15.0 Å². The summed E-state index contributed by atoms with van der Waals surface area (Å²) in [5, 5.41) is 3.92. The second-order valence-corrected chi connectivity index (χ2v) is 5.29. The number of hydrogen-bond donors (Lipinski definition) is 1. The molecule has 1 aromatic rings. The van der Waals surface area contributed by atoms with E-state index in [4.69, 9.17) is 16.3 Å². The number of benzene rings is 1. The summed E-state index contributed by atoms with van der Waals surface area (Å²) in [4.78, 5) is 13.8. The molecule has 0 bridgehead atoms. The summed E-state index contributed by atoms with van der Waals surface area (Å²) in [6.45, 7) is 3.81. The molecule has 0 spiro atoms. The lowest BCUT2D eigenvalue weighted by Crippen LogP contribution is -2.40. The Balaban J connectivity index is 0.00000200. The van der Waals surface area contributed by atoms with Crippen LogP contribution in [-0.4, -0.2) is 43.6 Å². The van der Waals surface area contributed by atoms with Gasteiger partial charge in [0.25, 0.3) is 5.91 Å². The summed E-state index contributed by atoms with van der Waals surface area (Å²) in [5.41, 5.74) is 0.936. The van der Waals surface area contributed by atoms with Gasteiger partial charge in [-0.1, -0.05) is 11.6 Å². The van der Waals surface area contributed by atoms with E-state index in [1.54, 1.807) is 17.0 Å². The van der Waals surface area contributed by atoms with Crippen LogP contribution in [0.4, 0.5) is 0 Å². The molecule has 1 aromatic carbocycles. The Morgan fingerprint density at radius 3 is 2.90 bits per heavy atom. The summed E-state index contributed by atoms with van der Waals surface area (Å²) >= 11 is 5.88. The average molecular weight is 319 g/mol. The molecule has 1 atom stereocenters. The number of ether oxygens (including phenoxy) is 1. The zero-order chi connectivity index (χ0) is 13.8. The molecule has 1 saturated heterocycles. The van der Waals surface area contributed by atoms with Crippen LogP contribution in [0.5, 0.6) is 5.75 Å². The number of hydrogen-bond acceptors (Lipinski definition) is 3. The Labute approximate surface area is 130 Å². The first-order valence-electron chi connectivity index (χ1n) is 6.43. The number of likely N-dealkylation sites (N-methyl/N-ethyl adjacent to an activating group) is 1. The summed E-state index contributed by atoms with van der Waals surface area (Å²) in [6.07, 6.45) is 1.00. The van der Waals surface area contributed by atoms with Crippen molar-refractivity contribution in [1.29, 1.82) is 0 Å². The molecule has 6 heteroatoms. The summed E-state index contributed by atoms with van der Waals surface area (Å²) in [7, 11) is 1.83. The van der Waals surface area contributed by atoms with Gasteiger partial charge in [0.15, 0.2) is 6.61 Å². The molecule has 1 N–H and O–H groups in total. The van der Waals surface area contributed by atoms with Crippen molar-refractivity contribution in [2.45, 2.75) is 19.4 Å². The molecular weight excluding hydrogens is 299 g/mol. The van der Waals surface area contributed by atoms with Gasteiger partial charge in [-0.2, -0.15) is 0 Å². The third-order valence-electron chi connectivity index (χ3n) is 3.46. The standard InChI is InChI=1S/C14H19ClN2O2.ClH/c1-10-7-11(15)3-4-13(10)19-9-14(18)17(2)12-5-6-16-8-12;/h3-4,7,12,16H,5-6,8-9H2,1-2H3;1H. The molecule has 2 rings (SSSR count). The van der Waals surface area contributed by atoms with Crippen LogP contribution in [0.1, 0.15) is 12.0 Å². The van der Waals surface area contributed by atoms with Crippen LogP contribution >= 0.6 is 24.0 Å². The lowest BCUT2D eigenvalue weighted by molar-refractivity contribution is -0.133. The summed E-state index contributed by atoms with van der Waals surface area (Å²) in [6, 6.07) is 5.66. The van der Waals surface area contributed by atoms with Crippen molar-refractivity contribution >= 4 is 29.9 Å². The van der Waals surface area contributed by atoms with Crippen molar-refractivity contribution in [2.24, 2.45) is 0 Å². The van der Waals surface area contributed by atoms with Gasteiger partial charge in [-0.25, -0.2) is 0 Å². The number of carbonyl (C=O) groups excluding carboxylic acids is 1. The molecule has 1 amide bonds. The maximum absolute atomic E-state index is 12.0. The maximum atomic E-state index is 12.0. The van der Waals surface area contributed by atoms with E-state index in [1.165, 1.54) is 0 Å². The van der Waals surface area contributed by atoms with E-state index in [0.29, 0.717) is 10.8 Å². The highest BCUT2D eigenvalue weighted by Gasteiger charge is 2.23. The van der Waals surface area contributed by atoms with Crippen molar-refractivity contribution in [1.82, 2.24) is 10.2 Å². The lowest BCUT2D eigenvalue weighted by Gasteiger charge is -2.23. The molecule has 1 aliphatic rings. The molecule has 1 aliphatic heterocycles. The van der Waals surface area contributed by atoms with Crippen LogP contribution in [-0.2, 0) is 4.79 Å². The van der Waals surface area contributed by atoms with Crippen LogP contribution in [0, 0.1) is 6.92 Å². The fourth-order valence-corrected chi connectivity index (χ4v) is 2.42. The first kappa shape index (κ1) is 17.1. The molecule has 4 nitrogen and oxygen atoms in total. The van der Waals surface area contributed by atoms with Crippen molar-refractivity contribution < 1.29 is 9.53 Å². The van der Waals surface area contributed by atoms with Gasteiger partial charge in [-0.15, -0.1) is 12.4 Å². The predicted octanol–water partition coefficient (Wildman–Crippen LogP) is 2.27. The van der Waals surface area contributed by atoms with E-state index in [1.807, 2.05) is 20.0 Å². The van der Waals surface area contributed by atoms with Gasteiger partial charge in [0.05, 0.1) is 0 Å². The molecule has 0 saturated carbocycles. The van der Waals surface area contributed by atoms with Gasteiger partial charge in [-0.3, -0.25) is 4.79 Å². The number of aryl methyl sites for hydroxylation is 1. The molecule has 1 unspecified atom stereocenters. The van der Waals surface area contributed by atoms with Gasteiger partial charge >= 0.3 is 0 Å². The van der Waals surface area contributed by atoms with Crippen molar-refractivity contribution in [3.05, 3.63) is 28.8 Å². The molecule has 112 valence electrons. The molecule has 0 aliphatic carbocycles. The Bertz CT molecular complexity index is 462. The minimum absolute atomic E-state index is 0. The highest BCUT2D eigenvalue weighted by atomic mass is 35.5. The topological polar surface area (TPSA) is 41.6 Å².